The summed E-state index contributed by atoms with van der Waals surface area (Å²) in [7, 11) is 0. The van der Waals surface area contributed by atoms with Crippen molar-refractivity contribution in [1.29, 1.82) is 0 Å². The van der Waals surface area contributed by atoms with Crippen LogP contribution in [0.4, 0.5) is 5.00 Å². The molecule has 1 aliphatic rings. The number of esters is 1. The van der Waals surface area contributed by atoms with Gasteiger partial charge in [0, 0.05) is 30.7 Å². The molecule has 8 nitrogen and oxygen atoms in total. The summed E-state index contributed by atoms with van der Waals surface area (Å²) >= 11 is 1.32. The van der Waals surface area contributed by atoms with Crippen LogP contribution in [-0.4, -0.2) is 46.0 Å². The van der Waals surface area contributed by atoms with E-state index in [2.05, 4.69) is 27.3 Å². The van der Waals surface area contributed by atoms with Crippen molar-refractivity contribution in [1.82, 2.24) is 9.88 Å². The summed E-state index contributed by atoms with van der Waals surface area (Å²) in [4.78, 5) is 44.4. The van der Waals surface area contributed by atoms with E-state index in [1.807, 2.05) is 18.2 Å². The Bertz CT molecular complexity index is 1190. The number of pyridine rings is 1. The van der Waals surface area contributed by atoms with Gasteiger partial charge in [-0.2, -0.15) is 0 Å². The molecular weight excluding hydrogens is 442 g/mol. The van der Waals surface area contributed by atoms with Gasteiger partial charge in [0.2, 0.25) is 0 Å². The van der Waals surface area contributed by atoms with Crippen molar-refractivity contribution < 1.29 is 24.2 Å². The van der Waals surface area contributed by atoms with Crippen molar-refractivity contribution in [3.05, 3.63) is 81.5 Å². The largest absolute Gasteiger partial charge is 0.478 e. The molecule has 0 spiro atoms. The first kappa shape index (κ1) is 22.6. The SMILES string of the molecule is CCOC(=O)c1c(NC(=O)c2ncccc2C(=O)O)sc2c1CCN(Cc1ccccc1)C2. The Morgan fingerprint density at radius 2 is 1.97 bits per heavy atom. The third-order valence-electron chi connectivity index (χ3n) is 5.34. The number of anilines is 1. The summed E-state index contributed by atoms with van der Waals surface area (Å²) in [6, 6.07) is 12.9. The number of ether oxygens (including phenoxy) is 1. The van der Waals surface area contributed by atoms with E-state index in [4.69, 9.17) is 4.74 Å². The average Bonchev–Trinajstić information content (AvgIpc) is 3.16. The van der Waals surface area contributed by atoms with Gasteiger partial charge in [-0.1, -0.05) is 30.3 Å². The normalized spacial score (nSPS) is 13.2. The first-order chi connectivity index (χ1) is 16.0. The molecule has 3 aromatic rings. The highest BCUT2D eigenvalue weighted by molar-refractivity contribution is 7.17. The molecule has 0 bridgehead atoms. The number of carboxylic acids is 1. The van der Waals surface area contributed by atoms with E-state index in [9.17, 15) is 19.5 Å². The van der Waals surface area contributed by atoms with Gasteiger partial charge in [0.1, 0.15) is 10.7 Å². The fourth-order valence-electron chi connectivity index (χ4n) is 3.86. The zero-order valence-electron chi connectivity index (χ0n) is 18.0. The molecule has 33 heavy (non-hydrogen) atoms. The number of amides is 1. The number of rotatable bonds is 7. The Labute approximate surface area is 194 Å². The van der Waals surface area contributed by atoms with Crippen LogP contribution < -0.4 is 5.32 Å². The van der Waals surface area contributed by atoms with Crippen molar-refractivity contribution in [3.8, 4) is 0 Å². The monoisotopic (exact) mass is 465 g/mol. The van der Waals surface area contributed by atoms with Crippen molar-refractivity contribution in [3.63, 3.8) is 0 Å². The maximum atomic E-state index is 12.9. The fraction of sp³-hybridized carbons (Fsp3) is 0.250. The summed E-state index contributed by atoms with van der Waals surface area (Å²) < 4.78 is 5.26. The van der Waals surface area contributed by atoms with E-state index in [-0.39, 0.29) is 17.9 Å². The van der Waals surface area contributed by atoms with Crippen molar-refractivity contribution in [2.75, 3.05) is 18.5 Å². The number of fused-ring (bicyclic) bond motifs is 1. The molecule has 0 fully saturated rings. The lowest BCUT2D eigenvalue weighted by atomic mass is 10.0. The van der Waals surface area contributed by atoms with Crippen molar-refractivity contribution in [2.45, 2.75) is 26.4 Å². The number of aromatic carboxylic acids is 1. The number of carboxylic acid groups (broad SMARTS) is 1. The molecule has 0 radical (unpaired) electrons. The van der Waals surface area contributed by atoms with E-state index in [1.54, 1.807) is 6.92 Å². The van der Waals surface area contributed by atoms with Gasteiger partial charge in [-0.3, -0.25) is 14.7 Å². The minimum absolute atomic E-state index is 0.206. The summed E-state index contributed by atoms with van der Waals surface area (Å²) in [6.07, 6.45) is 2.00. The second-order valence-corrected chi connectivity index (χ2v) is 8.64. The lowest BCUT2D eigenvalue weighted by molar-refractivity contribution is 0.0525. The van der Waals surface area contributed by atoms with Gasteiger partial charge in [-0.15, -0.1) is 11.3 Å². The molecule has 9 heteroatoms. The van der Waals surface area contributed by atoms with Crippen molar-refractivity contribution in [2.24, 2.45) is 0 Å². The Hall–Kier alpha value is -3.56. The Balaban J connectivity index is 1.63. The zero-order chi connectivity index (χ0) is 23.4. The van der Waals surface area contributed by atoms with Gasteiger partial charge >= 0.3 is 11.9 Å². The van der Waals surface area contributed by atoms with E-state index in [1.165, 1.54) is 35.2 Å². The minimum Gasteiger partial charge on any atom is -0.478 e. The number of nitrogens with one attached hydrogen (secondary N) is 1. The van der Waals surface area contributed by atoms with Crippen LogP contribution in [0.1, 0.15) is 54.1 Å². The zero-order valence-corrected chi connectivity index (χ0v) is 18.9. The van der Waals surface area contributed by atoms with Gasteiger partial charge in [0.05, 0.1) is 17.7 Å². The quantitative estimate of drug-likeness (QED) is 0.511. The smallest absolute Gasteiger partial charge is 0.341 e. The summed E-state index contributed by atoms with van der Waals surface area (Å²) in [5, 5.41) is 12.5. The first-order valence-electron chi connectivity index (χ1n) is 10.6. The lowest BCUT2D eigenvalue weighted by Crippen LogP contribution is -2.30. The van der Waals surface area contributed by atoms with Crippen LogP contribution in [0.3, 0.4) is 0 Å². The maximum Gasteiger partial charge on any atom is 0.341 e. The molecule has 0 unspecified atom stereocenters. The molecule has 2 N–H and O–H groups in total. The molecule has 0 aliphatic carbocycles. The molecule has 1 aromatic carbocycles. The predicted molar refractivity (Wildman–Crippen MR) is 124 cm³/mol. The average molecular weight is 466 g/mol. The predicted octanol–water partition coefficient (Wildman–Crippen LogP) is 3.83. The molecule has 170 valence electrons. The molecular formula is C24H23N3O5S. The summed E-state index contributed by atoms with van der Waals surface area (Å²) in [5.74, 6) is -2.43. The minimum atomic E-state index is -1.25. The third kappa shape index (κ3) is 4.94. The Morgan fingerprint density at radius 3 is 2.70 bits per heavy atom. The number of hydrogen-bond acceptors (Lipinski definition) is 7. The van der Waals surface area contributed by atoms with Crippen molar-refractivity contribution >= 4 is 34.2 Å². The molecule has 0 atom stereocenters. The summed E-state index contributed by atoms with van der Waals surface area (Å²) in [5.41, 5.74) is 2.00. The highest BCUT2D eigenvalue weighted by atomic mass is 32.1. The summed E-state index contributed by atoms with van der Waals surface area (Å²) in [6.45, 7) is 4.12. The standard InChI is InChI=1S/C24H23N3O5S/c1-2-32-24(31)19-16-10-12-27(13-15-7-4-3-5-8-15)14-18(16)33-22(19)26-21(28)20-17(23(29)30)9-6-11-25-20/h3-9,11H,2,10,12-14H2,1H3,(H,26,28)(H,29,30). The number of hydrogen-bond donors (Lipinski definition) is 2. The molecule has 2 aromatic heterocycles. The first-order valence-corrected chi connectivity index (χ1v) is 11.4. The van der Waals surface area contributed by atoms with E-state index >= 15 is 0 Å². The van der Waals surface area contributed by atoms with Crippen LogP contribution in [-0.2, 0) is 24.2 Å². The maximum absolute atomic E-state index is 12.9. The van der Waals surface area contributed by atoms with Crippen LogP contribution in [0.5, 0.6) is 0 Å². The highest BCUT2D eigenvalue weighted by Gasteiger charge is 2.30. The van der Waals surface area contributed by atoms with Crippen LogP contribution >= 0.6 is 11.3 Å². The Morgan fingerprint density at radius 1 is 1.18 bits per heavy atom. The van der Waals surface area contributed by atoms with Crippen LogP contribution in [0, 0.1) is 0 Å². The number of benzene rings is 1. The number of aromatic nitrogens is 1. The number of thiophene rings is 1. The van der Waals surface area contributed by atoms with Crippen LogP contribution in [0.2, 0.25) is 0 Å². The molecule has 3 heterocycles. The van der Waals surface area contributed by atoms with Gasteiger partial charge in [-0.05, 0) is 36.6 Å². The van der Waals surface area contributed by atoms with E-state index < -0.39 is 17.8 Å². The lowest BCUT2D eigenvalue weighted by Gasteiger charge is -2.27. The number of nitrogens with zero attached hydrogens (tertiary/aromatic N) is 2. The topological polar surface area (TPSA) is 109 Å². The van der Waals surface area contributed by atoms with E-state index in [0.717, 1.165) is 23.5 Å². The molecule has 0 saturated heterocycles. The number of carbonyl (C=O) groups excluding carboxylic acids is 2. The second kappa shape index (κ2) is 9.93. The molecule has 1 aliphatic heterocycles. The third-order valence-corrected chi connectivity index (χ3v) is 6.48. The highest BCUT2D eigenvalue weighted by Crippen LogP contribution is 2.38. The number of carbonyl (C=O) groups is 3. The fourth-order valence-corrected chi connectivity index (χ4v) is 5.13. The molecule has 1 amide bonds. The van der Waals surface area contributed by atoms with Gasteiger partial charge in [0.25, 0.3) is 5.91 Å². The molecule has 0 saturated carbocycles. The van der Waals surface area contributed by atoms with E-state index in [0.29, 0.717) is 23.5 Å². The molecule has 4 rings (SSSR count). The van der Waals surface area contributed by atoms with Crippen LogP contribution in [0.25, 0.3) is 0 Å². The van der Waals surface area contributed by atoms with Crippen LogP contribution in [0.15, 0.2) is 48.7 Å². The van der Waals surface area contributed by atoms with Gasteiger partial charge in [-0.25, -0.2) is 9.59 Å². The van der Waals surface area contributed by atoms with Gasteiger partial charge < -0.3 is 15.2 Å². The van der Waals surface area contributed by atoms with Gasteiger partial charge in [0.15, 0.2) is 0 Å². The second-order valence-electron chi connectivity index (χ2n) is 7.53. The Kier molecular flexibility index (Phi) is 6.81.